The normalized spacial score (nSPS) is 36.0. The molecule has 5 heteroatoms. The number of nitrogens with zero attached hydrogens (tertiary/aromatic N) is 1. The van der Waals surface area contributed by atoms with Gasteiger partial charge in [-0.25, -0.2) is 0 Å². The number of carboxylic acid groups (broad SMARTS) is 1. The largest absolute Gasteiger partial charge is 0.481 e. The van der Waals surface area contributed by atoms with Crippen LogP contribution >= 0.6 is 0 Å². The third-order valence-electron chi connectivity index (χ3n) is 4.52. The summed E-state index contributed by atoms with van der Waals surface area (Å²) in [5, 5.41) is 9.09. The van der Waals surface area contributed by atoms with Crippen LogP contribution in [0.25, 0.3) is 0 Å². The van der Waals surface area contributed by atoms with Gasteiger partial charge in [0.2, 0.25) is 5.91 Å². The summed E-state index contributed by atoms with van der Waals surface area (Å²) in [6.45, 7) is 3.40. The first-order chi connectivity index (χ1) is 8.54. The van der Waals surface area contributed by atoms with Gasteiger partial charge in [-0.3, -0.25) is 9.59 Å². The minimum atomic E-state index is -0.792. The van der Waals surface area contributed by atoms with Crippen LogP contribution in [0.3, 0.4) is 0 Å². The van der Waals surface area contributed by atoms with E-state index in [9.17, 15) is 9.59 Å². The summed E-state index contributed by atoms with van der Waals surface area (Å²) < 4.78 is 0. The van der Waals surface area contributed by atoms with E-state index in [-0.39, 0.29) is 23.7 Å². The van der Waals surface area contributed by atoms with Gasteiger partial charge in [0.25, 0.3) is 0 Å². The lowest BCUT2D eigenvalue weighted by Crippen LogP contribution is -2.38. The number of carbonyl (C=O) groups is 2. The maximum atomic E-state index is 12.4. The third-order valence-corrected chi connectivity index (χ3v) is 4.52. The number of amides is 1. The first-order valence-electron chi connectivity index (χ1n) is 6.76. The molecule has 102 valence electrons. The lowest BCUT2D eigenvalue weighted by molar-refractivity contribution is -0.142. The van der Waals surface area contributed by atoms with Crippen molar-refractivity contribution < 1.29 is 14.7 Å². The SMILES string of the molecule is CC1CN(C(=O)C2CCCC2CN)CC1C(=O)O. The molecule has 0 aromatic heterocycles. The molecule has 1 heterocycles. The molecular formula is C13H22N2O3. The van der Waals surface area contributed by atoms with Crippen LogP contribution in [0.15, 0.2) is 0 Å². The molecule has 2 fully saturated rings. The Balaban J connectivity index is 2.00. The summed E-state index contributed by atoms with van der Waals surface area (Å²) >= 11 is 0. The van der Waals surface area contributed by atoms with Crippen molar-refractivity contribution in [1.82, 2.24) is 4.90 Å². The summed E-state index contributed by atoms with van der Waals surface area (Å²) in [6, 6.07) is 0. The van der Waals surface area contributed by atoms with Crippen LogP contribution < -0.4 is 5.73 Å². The van der Waals surface area contributed by atoms with Crippen molar-refractivity contribution in [3.8, 4) is 0 Å². The quantitative estimate of drug-likeness (QED) is 0.770. The van der Waals surface area contributed by atoms with Crippen LogP contribution in [0.1, 0.15) is 26.2 Å². The molecule has 4 unspecified atom stereocenters. The highest BCUT2D eigenvalue weighted by molar-refractivity contribution is 5.81. The van der Waals surface area contributed by atoms with Crippen molar-refractivity contribution in [2.45, 2.75) is 26.2 Å². The van der Waals surface area contributed by atoms with Crippen LogP contribution in [0, 0.1) is 23.7 Å². The molecule has 0 aromatic rings. The zero-order chi connectivity index (χ0) is 13.3. The topological polar surface area (TPSA) is 83.6 Å². The fourth-order valence-electron chi connectivity index (χ4n) is 3.35. The number of carboxylic acids is 1. The Labute approximate surface area is 107 Å². The predicted octanol–water partition coefficient (Wildman–Crippen LogP) is 0.541. The Kier molecular flexibility index (Phi) is 3.90. The van der Waals surface area contributed by atoms with Gasteiger partial charge in [0.15, 0.2) is 0 Å². The van der Waals surface area contributed by atoms with Crippen LogP contribution in [0.2, 0.25) is 0 Å². The molecule has 1 aliphatic heterocycles. The van der Waals surface area contributed by atoms with Gasteiger partial charge in [-0.15, -0.1) is 0 Å². The van der Waals surface area contributed by atoms with Gasteiger partial charge in [-0.05, 0) is 31.2 Å². The van der Waals surface area contributed by atoms with E-state index in [0.717, 1.165) is 19.3 Å². The Morgan fingerprint density at radius 1 is 1.28 bits per heavy atom. The lowest BCUT2D eigenvalue weighted by Gasteiger charge is -2.24. The van der Waals surface area contributed by atoms with Crippen LogP contribution in [0.5, 0.6) is 0 Å². The van der Waals surface area contributed by atoms with E-state index in [0.29, 0.717) is 19.6 Å². The van der Waals surface area contributed by atoms with Crippen molar-refractivity contribution in [3.63, 3.8) is 0 Å². The van der Waals surface area contributed by atoms with E-state index in [4.69, 9.17) is 10.8 Å². The first kappa shape index (κ1) is 13.3. The van der Waals surface area contributed by atoms with Gasteiger partial charge in [-0.1, -0.05) is 13.3 Å². The molecule has 0 radical (unpaired) electrons. The second kappa shape index (κ2) is 5.26. The molecular weight excluding hydrogens is 232 g/mol. The molecule has 18 heavy (non-hydrogen) atoms. The minimum absolute atomic E-state index is 0.0229. The van der Waals surface area contributed by atoms with Gasteiger partial charge in [0, 0.05) is 19.0 Å². The molecule has 1 amide bonds. The average Bonchev–Trinajstić information content (AvgIpc) is 2.93. The fourth-order valence-corrected chi connectivity index (χ4v) is 3.35. The van der Waals surface area contributed by atoms with Gasteiger partial charge in [0.1, 0.15) is 0 Å². The number of hydrogen-bond acceptors (Lipinski definition) is 3. The van der Waals surface area contributed by atoms with Crippen molar-refractivity contribution in [3.05, 3.63) is 0 Å². The fraction of sp³-hybridized carbons (Fsp3) is 0.846. The molecule has 0 aromatic carbocycles. The summed E-state index contributed by atoms with van der Waals surface area (Å²) in [6.07, 6.45) is 2.99. The highest BCUT2D eigenvalue weighted by atomic mass is 16.4. The van der Waals surface area contributed by atoms with Gasteiger partial charge >= 0.3 is 5.97 Å². The highest BCUT2D eigenvalue weighted by Crippen LogP contribution is 2.34. The van der Waals surface area contributed by atoms with E-state index in [1.54, 1.807) is 4.90 Å². The number of aliphatic carboxylic acids is 1. The van der Waals surface area contributed by atoms with E-state index in [1.807, 2.05) is 6.92 Å². The van der Waals surface area contributed by atoms with Crippen LogP contribution in [-0.4, -0.2) is 41.5 Å². The number of hydrogen-bond donors (Lipinski definition) is 2. The van der Waals surface area contributed by atoms with E-state index >= 15 is 0 Å². The number of carbonyl (C=O) groups excluding carboxylic acids is 1. The van der Waals surface area contributed by atoms with E-state index < -0.39 is 11.9 Å². The molecule has 3 N–H and O–H groups in total. The molecule has 2 aliphatic rings. The van der Waals surface area contributed by atoms with Gasteiger partial charge in [-0.2, -0.15) is 0 Å². The molecule has 1 saturated carbocycles. The predicted molar refractivity (Wildman–Crippen MR) is 66.8 cm³/mol. The Hall–Kier alpha value is -1.10. The van der Waals surface area contributed by atoms with Crippen LogP contribution in [-0.2, 0) is 9.59 Å². The first-order valence-corrected chi connectivity index (χ1v) is 6.76. The van der Waals surface area contributed by atoms with Gasteiger partial charge in [0.05, 0.1) is 5.92 Å². The summed E-state index contributed by atoms with van der Waals surface area (Å²) in [7, 11) is 0. The third kappa shape index (κ3) is 2.36. The maximum absolute atomic E-state index is 12.4. The standard InChI is InChI=1S/C13H22N2O3/c1-8-6-15(7-11(8)13(17)18)12(16)10-4-2-3-9(10)5-14/h8-11H,2-7,14H2,1H3,(H,17,18). The van der Waals surface area contributed by atoms with Crippen molar-refractivity contribution in [1.29, 1.82) is 0 Å². The maximum Gasteiger partial charge on any atom is 0.308 e. The Bertz CT molecular complexity index is 345. The second-order valence-electron chi connectivity index (χ2n) is 5.70. The van der Waals surface area contributed by atoms with Crippen molar-refractivity contribution in [2.75, 3.05) is 19.6 Å². The number of nitrogens with two attached hydrogens (primary N) is 1. The lowest BCUT2D eigenvalue weighted by atomic mass is 9.95. The summed E-state index contributed by atoms with van der Waals surface area (Å²) in [4.78, 5) is 25.2. The second-order valence-corrected chi connectivity index (χ2v) is 5.70. The molecule has 2 rings (SSSR count). The highest BCUT2D eigenvalue weighted by Gasteiger charge is 2.41. The van der Waals surface area contributed by atoms with Gasteiger partial charge < -0.3 is 15.7 Å². The molecule has 0 bridgehead atoms. The molecule has 5 nitrogen and oxygen atoms in total. The Morgan fingerprint density at radius 3 is 2.56 bits per heavy atom. The summed E-state index contributed by atoms with van der Waals surface area (Å²) in [5.74, 6) is -0.722. The number of rotatable bonds is 3. The molecule has 1 aliphatic carbocycles. The smallest absolute Gasteiger partial charge is 0.308 e. The zero-order valence-electron chi connectivity index (χ0n) is 10.8. The number of likely N-dealkylation sites (tertiary alicyclic amines) is 1. The molecule has 4 atom stereocenters. The molecule has 0 spiro atoms. The van der Waals surface area contributed by atoms with Crippen molar-refractivity contribution >= 4 is 11.9 Å². The molecule has 1 saturated heterocycles. The average molecular weight is 254 g/mol. The Morgan fingerprint density at radius 2 is 2.00 bits per heavy atom. The monoisotopic (exact) mass is 254 g/mol. The van der Waals surface area contributed by atoms with E-state index in [1.165, 1.54) is 0 Å². The van der Waals surface area contributed by atoms with E-state index in [2.05, 4.69) is 0 Å². The van der Waals surface area contributed by atoms with Crippen LogP contribution in [0.4, 0.5) is 0 Å². The minimum Gasteiger partial charge on any atom is -0.481 e. The zero-order valence-corrected chi connectivity index (χ0v) is 10.8. The summed E-state index contributed by atoms with van der Waals surface area (Å²) in [5.41, 5.74) is 5.70. The van der Waals surface area contributed by atoms with Crippen molar-refractivity contribution in [2.24, 2.45) is 29.4 Å².